The van der Waals surface area contributed by atoms with Gasteiger partial charge in [0.05, 0.1) is 6.04 Å². The highest BCUT2D eigenvalue weighted by Crippen LogP contribution is 2.44. The molecular formula is C31H41ClN2O5. The molecule has 2 fully saturated rings. The fourth-order valence-corrected chi connectivity index (χ4v) is 6.49. The van der Waals surface area contributed by atoms with E-state index in [1.54, 1.807) is 18.2 Å². The maximum atomic E-state index is 14.0. The van der Waals surface area contributed by atoms with Crippen LogP contribution >= 0.6 is 11.6 Å². The Morgan fingerprint density at radius 3 is 2.46 bits per heavy atom. The van der Waals surface area contributed by atoms with Crippen molar-refractivity contribution in [3.8, 4) is 11.1 Å². The molecule has 39 heavy (non-hydrogen) atoms. The minimum atomic E-state index is -1.93. The summed E-state index contributed by atoms with van der Waals surface area (Å²) >= 11 is 6.76. The van der Waals surface area contributed by atoms with E-state index < -0.39 is 17.9 Å². The van der Waals surface area contributed by atoms with Crippen LogP contribution in [0.4, 0.5) is 4.79 Å². The van der Waals surface area contributed by atoms with Crippen molar-refractivity contribution < 1.29 is 24.9 Å². The Morgan fingerprint density at radius 1 is 1.10 bits per heavy atom. The summed E-state index contributed by atoms with van der Waals surface area (Å²) in [4.78, 5) is 27.2. The summed E-state index contributed by atoms with van der Waals surface area (Å²) in [7, 11) is 0. The number of piperidine rings is 1. The molecule has 0 spiro atoms. The molecule has 7 nitrogen and oxygen atoms in total. The third kappa shape index (κ3) is 6.49. The molecule has 2 aliphatic rings. The van der Waals surface area contributed by atoms with E-state index in [0.29, 0.717) is 42.0 Å². The molecule has 3 unspecified atom stereocenters. The van der Waals surface area contributed by atoms with Crippen molar-refractivity contribution in [3.63, 3.8) is 0 Å². The van der Waals surface area contributed by atoms with Gasteiger partial charge < -0.3 is 20.6 Å². The minimum absolute atomic E-state index is 0.0876. The Kier molecular flexibility index (Phi) is 9.70. The van der Waals surface area contributed by atoms with Crippen LogP contribution in [0.1, 0.15) is 82.3 Å². The largest absolute Gasteiger partial charge is 0.465 e. The van der Waals surface area contributed by atoms with Gasteiger partial charge in [-0.2, -0.15) is 0 Å². The quantitative estimate of drug-likeness (QED) is 0.271. The van der Waals surface area contributed by atoms with Crippen molar-refractivity contribution in [2.45, 2.75) is 89.0 Å². The van der Waals surface area contributed by atoms with E-state index in [4.69, 9.17) is 11.6 Å². The van der Waals surface area contributed by atoms with Crippen LogP contribution in [0.2, 0.25) is 5.02 Å². The molecule has 212 valence electrons. The molecule has 0 radical (unpaired) electrons. The van der Waals surface area contributed by atoms with E-state index in [0.717, 1.165) is 41.8 Å². The Bertz CT molecular complexity index is 1160. The second kappa shape index (κ2) is 12.8. The molecule has 1 saturated carbocycles. The van der Waals surface area contributed by atoms with Crippen LogP contribution in [-0.4, -0.2) is 57.5 Å². The zero-order chi connectivity index (χ0) is 28.2. The number of Topliss-reactive ketones (excluding diaryl/α,β-unsaturated/α-hetero) is 1. The maximum absolute atomic E-state index is 14.0. The maximum Gasteiger partial charge on any atom is 0.409 e. The Labute approximate surface area is 236 Å². The summed E-state index contributed by atoms with van der Waals surface area (Å²) in [5, 5.41) is 37.0. The third-order valence-electron chi connectivity index (χ3n) is 8.41. The van der Waals surface area contributed by atoms with Gasteiger partial charge in [0.1, 0.15) is 11.8 Å². The van der Waals surface area contributed by atoms with Crippen molar-refractivity contribution in [2.75, 3.05) is 13.1 Å². The fourth-order valence-electron chi connectivity index (χ4n) is 6.21. The van der Waals surface area contributed by atoms with Crippen molar-refractivity contribution in [2.24, 2.45) is 5.92 Å². The van der Waals surface area contributed by atoms with Gasteiger partial charge in [-0.15, -0.1) is 0 Å². The molecule has 0 bridgehead atoms. The topological polar surface area (TPSA) is 110 Å². The predicted molar refractivity (Wildman–Crippen MR) is 153 cm³/mol. The Morgan fingerprint density at radius 2 is 1.82 bits per heavy atom. The summed E-state index contributed by atoms with van der Waals surface area (Å²) < 4.78 is 0. The van der Waals surface area contributed by atoms with E-state index in [1.165, 1.54) is 0 Å². The summed E-state index contributed by atoms with van der Waals surface area (Å²) in [6.45, 7) is 5.47. The first-order valence-corrected chi connectivity index (χ1v) is 14.6. The molecule has 1 aliphatic carbocycles. The number of ketones is 1. The fraction of sp³-hybridized carbons (Fsp3) is 0.548. The van der Waals surface area contributed by atoms with E-state index in [-0.39, 0.29) is 36.5 Å². The van der Waals surface area contributed by atoms with Crippen molar-refractivity contribution in [1.82, 2.24) is 10.2 Å². The van der Waals surface area contributed by atoms with Gasteiger partial charge in [-0.05, 0) is 68.2 Å². The predicted octanol–water partition coefficient (Wildman–Crippen LogP) is 5.91. The molecule has 1 amide bonds. The highest BCUT2D eigenvalue weighted by atomic mass is 35.5. The van der Waals surface area contributed by atoms with Crippen LogP contribution in [0, 0.1) is 5.92 Å². The number of hydrogen-bond donors (Lipinski definition) is 4. The number of benzene rings is 2. The van der Waals surface area contributed by atoms with Gasteiger partial charge in [0.25, 0.3) is 0 Å². The average molecular weight is 557 g/mol. The summed E-state index contributed by atoms with van der Waals surface area (Å²) in [6.07, 6.45) is 1.94. The van der Waals surface area contributed by atoms with Gasteiger partial charge in [-0.1, -0.05) is 74.7 Å². The molecule has 8 heteroatoms. The van der Waals surface area contributed by atoms with Crippen LogP contribution < -0.4 is 5.32 Å². The highest BCUT2D eigenvalue weighted by molar-refractivity contribution is 6.33. The van der Waals surface area contributed by atoms with Crippen LogP contribution in [0.5, 0.6) is 0 Å². The number of rotatable bonds is 10. The van der Waals surface area contributed by atoms with Crippen molar-refractivity contribution >= 4 is 23.5 Å². The van der Waals surface area contributed by atoms with Crippen LogP contribution in [0.15, 0.2) is 42.5 Å². The smallest absolute Gasteiger partial charge is 0.409 e. The van der Waals surface area contributed by atoms with Gasteiger partial charge in [-0.3, -0.25) is 9.69 Å². The number of carbonyl (C=O) groups is 2. The third-order valence-corrected chi connectivity index (χ3v) is 8.72. The van der Waals surface area contributed by atoms with Crippen molar-refractivity contribution in [1.29, 1.82) is 0 Å². The first-order chi connectivity index (χ1) is 18.6. The standard InChI is InChI=1S/C31H41ClN2O5/c1-20(2)22-10-5-11-23(18-22)28-25(13-6-14-26(28)32)31(39,29(36)21-8-3-4-9-21)16-15-27(35)34(30(37)38)24-12-7-17-33-19-24/h5-6,10-11,13-14,18,20-21,24,27,33,35,39H,3-4,7-9,12,15-17,19H2,1-2H3,(H,37,38). The second-order valence-corrected chi connectivity index (χ2v) is 11.8. The zero-order valence-electron chi connectivity index (χ0n) is 22.9. The molecule has 4 rings (SSSR count). The number of carbonyl (C=O) groups excluding carboxylic acids is 1. The van der Waals surface area contributed by atoms with Gasteiger partial charge in [0, 0.05) is 28.6 Å². The average Bonchev–Trinajstić information content (AvgIpc) is 3.47. The molecule has 2 aromatic rings. The van der Waals surface area contributed by atoms with E-state index in [1.807, 2.05) is 24.3 Å². The van der Waals surface area contributed by atoms with Crippen LogP contribution in [0.25, 0.3) is 11.1 Å². The molecule has 1 aliphatic heterocycles. The summed E-state index contributed by atoms with van der Waals surface area (Å²) in [5.74, 6) is -0.294. The van der Waals surface area contributed by atoms with Crippen LogP contribution in [-0.2, 0) is 10.4 Å². The van der Waals surface area contributed by atoms with Crippen molar-refractivity contribution in [3.05, 3.63) is 58.6 Å². The lowest BCUT2D eigenvalue weighted by Gasteiger charge is -2.38. The normalized spacial score (nSPS) is 20.5. The first kappa shape index (κ1) is 29.5. The first-order valence-electron chi connectivity index (χ1n) is 14.2. The number of aliphatic hydroxyl groups excluding tert-OH is 1. The number of aliphatic hydroxyl groups is 2. The summed E-state index contributed by atoms with van der Waals surface area (Å²) in [5.41, 5.74) is 0.981. The lowest BCUT2D eigenvalue weighted by molar-refractivity contribution is -0.145. The van der Waals surface area contributed by atoms with Gasteiger partial charge >= 0.3 is 6.09 Å². The molecular weight excluding hydrogens is 516 g/mol. The molecule has 1 saturated heterocycles. The molecule has 2 aromatic carbocycles. The Balaban J connectivity index is 1.73. The SMILES string of the molecule is CC(C)c1cccc(-c2c(Cl)cccc2C(O)(CCC(O)N(C(=O)O)C2CCCNC2)C(=O)C2CCCC2)c1. The molecule has 3 atom stereocenters. The number of nitrogens with one attached hydrogen (secondary N) is 1. The number of carboxylic acid groups (broad SMARTS) is 1. The van der Waals surface area contributed by atoms with E-state index >= 15 is 0 Å². The monoisotopic (exact) mass is 556 g/mol. The number of hydrogen-bond acceptors (Lipinski definition) is 5. The Hall–Kier alpha value is -2.45. The number of amides is 1. The number of halogens is 1. The molecule has 0 aromatic heterocycles. The van der Waals surface area contributed by atoms with Gasteiger partial charge in [0.2, 0.25) is 0 Å². The second-order valence-electron chi connectivity index (χ2n) is 11.4. The van der Waals surface area contributed by atoms with E-state index in [2.05, 4.69) is 19.2 Å². The highest BCUT2D eigenvalue weighted by Gasteiger charge is 2.45. The molecule has 4 N–H and O–H groups in total. The lowest BCUT2D eigenvalue weighted by Crippen LogP contribution is -2.53. The number of nitrogens with zero attached hydrogens (tertiary/aromatic N) is 1. The van der Waals surface area contributed by atoms with Crippen LogP contribution in [0.3, 0.4) is 0 Å². The van der Waals surface area contributed by atoms with E-state index in [9.17, 15) is 24.9 Å². The summed E-state index contributed by atoms with van der Waals surface area (Å²) in [6, 6.07) is 12.8. The molecule has 1 heterocycles. The lowest BCUT2D eigenvalue weighted by atomic mass is 9.76. The minimum Gasteiger partial charge on any atom is -0.465 e. The van der Waals surface area contributed by atoms with Gasteiger partial charge in [0.15, 0.2) is 5.78 Å². The zero-order valence-corrected chi connectivity index (χ0v) is 23.7. The van der Waals surface area contributed by atoms with Gasteiger partial charge in [-0.25, -0.2) is 4.79 Å².